The maximum Gasteiger partial charge on any atom is 0.340 e. The van der Waals surface area contributed by atoms with Crippen molar-refractivity contribution in [2.45, 2.75) is 24.8 Å². The number of benzene rings is 3. The Kier molecular flexibility index (Phi) is 9.08. The number of hydrogen-bond acceptors (Lipinski definition) is 7. The molecule has 0 bridgehead atoms. The Bertz CT molecular complexity index is 1490. The molecule has 1 aliphatic heterocycles. The molecule has 0 spiro atoms. The summed E-state index contributed by atoms with van der Waals surface area (Å²) in [7, 11) is -3.90. The number of sulfonamides is 1. The van der Waals surface area contributed by atoms with Crippen molar-refractivity contribution >= 4 is 56.5 Å². The molecule has 40 heavy (non-hydrogen) atoms. The molecule has 3 aromatic rings. The van der Waals surface area contributed by atoms with Crippen LogP contribution in [0.2, 0.25) is 5.02 Å². The number of nitrogens with one attached hydrogen (secondary N) is 2. The standard InChI is InChI=1S/C28H29ClN4O6S/c1-19(27(35)31-22-10-8-21(9-11-22)30-20(2)34)39-28(36)25-18-24(12-13-26(25)29)40(37,38)33-16-14-32(15-17-33)23-6-4-3-5-7-23/h3-13,18-19H,14-17H2,1-2H3,(H,30,34)(H,31,35)/t19-/m0/s1. The van der Waals surface area contributed by atoms with E-state index in [2.05, 4.69) is 15.5 Å². The Morgan fingerprint density at radius 2 is 1.48 bits per heavy atom. The summed E-state index contributed by atoms with van der Waals surface area (Å²) >= 11 is 6.21. The minimum atomic E-state index is -3.90. The number of esters is 1. The smallest absolute Gasteiger partial charge is 0.340 e. The molecule has 1 saturated heterocycles. The molecule has 12 heteroatoms. The highest BCUT2D eigenvalue weighted by Crippen LogP contribution is 2.26. The molecule has 1 fully saturated rings. The molecular weight excluding hydrogens is 556 g/mol. The van der Waals surface area contributed by atoms with Gasteiger partial charge in [0.15, 0.2) is 6.10 Å². The van der Waals surface area contributed by atoms with Crippen LogP contribution in [0.15, 0.2) is 77.7 Å². The van der Waals surface area contributed by atoms with Gasteiger partial charge in [0.25, 0.3) is 5.91 Å². The van der Waals surface area contributed by atoms with E-state index in [1.165, 1.54) is 36.4 Å². The summed E-state index contributed by atoms with van der Waals surface area (Å²) < 4.78 is 33.4. The summed E-state index contributed by atoms with van der Waals surface area (Å²) in [6.45, 7) is 4.38. The normalized spacial score (nSPS) is 14.7. The van der Waals surface area contributed by atoms with Crippen molar-refractivity contribution in [2.75, 3.05) is 41.7 Å². The van der Waals surface area contributed by atoms with Crippen LogP contribution in [0.1, 0.15) is 24.2 Å². The Morgan fingerprint density at radius 1 is 0.875 bits per heavy atom. The molecule has 210 valence electrons. The predicted molar refractivity (Wildman–Crippen MR) is 153 cm³/mol. The number of amides is 2. The summed E-state index contributed by atoms with van der Waals surface area (Å²) in [5.41, 5.74) is 1.86. The van der Waals surface area contributed by atoms with Crippen LogP contribution >= 0.6 is 11.6 Å². The van der Waals surface area contributed by atoms with Gasteiger partial charge in [-0.2, -0.15) is 4.31 Å². The monoisotopic (exact) mass is 584 g/mol. The molecule has 1 heterocycles. The molecule has 1 aliphatic rings. The van der Waals surface area contributed by atoms with Gasteiger partial charge in [-0.3, -0.25) is 9.59 Å². The van der Waals surface area contributed by atoms with E-state index >= 15 is 0 Å². The van der Waals surface area contributed by atoms with Crippen molar-refractivity contribution in [3.63, 3.8) is 0 Å². The molecule has 0 aromatic heterocycles. The average molecular weight is 585 g/mol. The van der Waals surface area contributed by atoms with Crippen molar-refractivity contribution < 1.29 is 27.5 Å². The minimum absolute atomic E-state index is 0.000912. The first-order valence-corrected chi connectivity index (χ1v) is 14.4. The summed E-state index contributed by atoms with van der Waals surface area (Å²) in [4.78, 5) is 38.7. The van der Waals surface area contributed by atoms with Gasteiger partial charge in [0.1, 0.15) is 0 Å². The van der Waals surface area contributed by atoms with Crippen LogP contribution in [-0.2, 0) is 24.3 Å². The number of rotatable bonds is 8. The van der Waals surface area contributed by atoms with E-state index in [0.29, 0.717) is 24.5 Å². The Morgan fingerprint density at radius 3 is 2.08 bits per heavy atom. The molecule has 1 atom stereocenters. The second kappa shape index (κ2) is 12.5. The lowest BCUT2D eigenvalue weighted by Gasteiger charge is -2.35. The maximum absolute atomic E-state index is 13.4. The highest BCUT2D eigenvalue weighted by atomic mass is 35.5. The highest BCUT2D eigenvalue weighted by molar-refractivity contribution is 7.89. The fourth-order valence-corrected chi connectivity index (χ4v) is 5.80. The van der Waals surface area contributed by atoms with Crippen molar-refractivity contribution in [1.29, 1.82) is 0 Å². The lowest BCUT2D eigenvalue weighted by atomic mass is 10.2. The molecule has 2 N–H and O–H groups in total. The van der Waals surface area contributed by atoms with Gasteiger partial charge in [-0.1, -0.05) is 29.8 Å². The molecule has 10 nitrogen and oxygen atoms in total. The van der Waals surface area contributed by atoms with Crippen molar-refractivity contribution in [3.05, 3.63) is 83.4 Å². The summed E-state index contributed by atoms with van der Waals surface area (Å²) in [5.74, 6) is -1.75. The van der Waals surface area contributed by atoms with Gasteiger partial charge in [-0.15, -0.1) is 0 Å². The quantitative estimate of drug-likeness (QED) is 0.383. The zero-order valence-corrected chi connectivity index (χ0v) is 23.5. The number of piperazine rings is 1. The van der Waals surface area contributed by atoms with Crippen LogP contribution < -0.4 is 15.5 Å². The lowest BCUT2D eigenvalue weighted by molar-refractivity contribution is -0.123. The van der Waals surface area contributed by atoms with E-state index < -0.39 is 28.0 Å². The van der Waals surface area contributed by atoms with E-state index in [9.17, 15) is 22.8 Å². The molecule has 0 aliphatic carbocycles. The zero-order chi connectivity index (χ0) is 28.9. The van der Waals surface area contributed by atoms with Gasteiger partial charge in [-0.05, 0) is 61.5 Å². The lowest BCUT2D eigenvalue weighted by Crippen LogP contribution is -2.48. The number of carbonyl (C=O) groups excluding carboxylic acids is 3. The van der Waals surface area contributed by atoms with E-state index in [0.717, 1.165) is 5.69 Å². The van der Waals surface area contributed by atoms with Gasteiger partial charge < -0.3 is 20.3 Å². The van der Waals surface area contributed by atoms with E-state index in [1.807, 2.05) is 30.3 Å². The Balaban J connectivity index is 1.39. The number of nitrogens with zero attached hydrogens (tertiary/aromatic N) is 2. The van der Waals surface area contributed by atoms with Gasteiger partial charge >= 0.3 is 5.97 Å². The number of ether oxygens (including phenoxy) is 1. The topological polar surface area (TPSA) is 125 Å². The van der Waals surface area contributed by atoms with Crippen molar-refractivity contribution in [2.24, 2.45) is 0 Å². The number of para-hydroxylation sites is 1. The molecule has 0 unspecified atom stereocenters. The largest absolute Gasteiger partial charge is 0.449 e. The third-order valence-electron chi connectivity index (χ3n) is 6.28. The molecule has 3 aromatic carbocycles. The SMILES string of the molecule is CC(=O)Nc1ccc(NC(=O)[C@H](C)OC(=O)c2cc(S(=O)(=O)N3CCN(c4ccccc4)CC3)ccc2Cl)cc1. The Labute approximate surface area is 237 Å². The molecule has 2 amide bonds. The van der Waals surface area contributed by atoms with Crippen LogP contribution in [-0.4, -0.2) is 62.8 Å². The second-order valence-corrected chi connectivity index (χ2v) is 11.5. The van der Waals surface area contributed by atoms with Crippen LogP contribution in [0.5, 0.6) is 0 Å². The number of anilines is 3. The highest BCUT2D eigenvalue weighted by Gasteiger charge is 2.30. The third kappa shape index (κ3) is 6.98. The molecular formula is C28H29ClN4O6S. The van der Waals surface area contributed by atoms with E-state index in [4.69, 9.17) is 16.3 Å². The van der Waals surface area contributed by atoms with Crippen LogP contribution in [0, 0.1) is 0 Å². The fourth-order valence-electron chi connectivity index (χ4n) is 4.16. The first-order chi connectivity index (χ1) is 19.0. The van der Waals surface area contributed by atoms with Gasteiger partial charge in [0.2, 0.25) is 15.9 Å². The van der Waals surface area contributed by atoms with Gasteiger partial charge in [0, 0.05) is 50.2 Å². The first kappa shape index (κ1) is 29.1. The van der Waals surface area contributed by atoms with Crippen molar-refractivity contribution in [3.8, 4) is 0 Å². The zero-order valence-electron chi connectivity index (χ0n) is 22.0. The minimum Gasteiger partial charge on any atom is -0.449 e. The van der Waals surface area contributed by atoms with E-state index in [1.54, 1.807) is 24.3 Å². The summed E-state index contributed by atoms with van der Waals surface area (Å²) in [5, 5.41) is 5.24. The Hall–Kier alpha value is -3.93. The number of halogens is 1. The average Bonchev–Trinajstić information content (AvgIpc) is 2.94. The van der Waals surface area contributed by atoms with Crippen LogP contribution in [0.4, 0.5) is 17.1 Å². The third-order valence-corrected chi connectivity index (χ3v) is 8.51. The van der Waals surface area contributed by atoms with Gasteiger partial charge in [-0.25, -0.2) is 13.2 Å². The number of carbonyl (C=O) groups is 3. The molecule has 0 radical (unpaired) electrons. The molecule has 4 rings (SSSR count). The first-order valence-electron chi connectivity index (χ1n) is 12.5. The van der Waals surface area contributed by atoms with Crippen molar-refractivity contribution in [1.82, 2.24) is 4.31 Å². The number of hydrogen-bond donors (Lipinski definition) is 2. The van der Waals surface area contributed by atoms with Crippen LogP contribution in [0.25, 0.3) is 0 Å². The second-order valence-electron chi connectivity index (χ2n) is 9.16. The fraction of sp³-hybridized carbons (Fsp3) is 0.250. The van der Waals surface area contributed by atoms with E-state index in [-0.39, 0.29) is 34.5 Å². The summed E-state index contributed by atoms with van der Waals surface area (Å²) in [6.07, 6.45) is -1.20. The molecule has 0 saturated carbocycles. The predicted octanol–water partition coefficient (Wildman–Crippen LogP) is 3.99. The summed E-state index contributed by atoms with van der Waals surface area (Å²) in [6, 6.07) is 20.0. The van der Waals surface area contributed by atoms with Gasteiger partial charge in [0.05, 0.1) is 15.5 Å². The maximum atomic E-state index is 13.4. The van der Waals surface area contributed by atoms with Crippen LogP contribution in [0.3, 0.4) is 0 Å².